The van der Waals surface area contributed by atoms with E-state index in [2.05, 4.69) is 10.3 Å². The molecule has 3 aromatic rings. The number of alkyl carbamates (subject to hydrolysis) is 1. The van der Waals surface area contributed by atoms with E-state index in [4.69, 9.17) is 9.47 Å². The number of nitrogens with one attached hydrogen (secondary N) is 1. The molecule has 6 nitrogen and oxygen atoms in total. The second kappa shape index (κ2) is 9.90. The molecular formula is C26H33N3O3. The van der Waals surface area contributed by atoms with Crippen LogP contribution in [-0.4, -0.2) is 26.8 Å². The van der Waals surface area contributed by atoms with Crippen molar-refractivity contribution in [2.24, 2.45) is 0 Å². The van der Waals surface area contributed by atoms with Gasteiger partial charge in [0.2, 0.25) is 0 Å². The molecule has 0 saturated carbocycles. The van der Waals surface area contributed by atoms with Crippen LogP contribution in [0.3, 0.4) is 0 Å². The Morgan fingerprint density at radius 3 is 2.34 bits per heavy atom. The molecule has 0 spiro atoms. The lowest BCUT2D eigenvalue weighted by atomic mass is 10.0. The van der Waals surface area contributed by atoms with Crippen LogP contribution in [-0.2, 0) is 17.9 Å². The molecule has 2 aromatic carbocycles. The lowest BCUT2D eigenvalue weighted by molar-refractivity contribution is 0.0466. The predicted molar refractivity (Wildman–Crippen MR) is 127 cm³/mol. The molecule has 3 rings (SSSR count). The minimum absolute atomic E-state index is 0.398. The van der Waals surface area contributed by atoms with Gasteiger partial charge in [-0.2, -0.15) is 0 Å². The summed E-state index contributed by atoms with van der Waals surface area (Å²) in [6.07, 6.45) is 4.18. The largest absolute Gasteiger partial charge is 0.489 e. The van der Waals surface area contributed by atoms with E-state index in [1.165, 1.54) is 0 Å². The Morgan fingerprint density at radius 2 is 1.69 bits per heavy atom. The molecule has 0 aliphatic carbocycles. The van der Waals surface area contributed by atoms with E-state index < -0.39 is 17.2 Å². The van der Waals surface area contributed by atoms with E-state index in [0.717, 1.165) is 35.5 Å². The number of carbonyl (C=O) groups is 1. The molecule has 0 radical (unpaired) electrons. The molecule has 1 heterocycles. The number of benzene rings is 2. The van der Waals surface area contributed by atoms with Crippen molar-refractivity contribution in [2.45, 2.75) is 65.3 Å². The van der Waals surface area contributed by atoms with E-state index in [1.807, 2.05) is 106 Å². The van der Waals surface area contributed by atoms with Gasteiger partial charge in [0.1, 0.15) is 18.0 Å². The van der Waals surface area contributed by atoms with Crippen molar-refractivity contribution in [3.63, 3.8) is 0 Å². The third-order valence-corrected chi connectivity index (χ3v) is 4.87. The Labute approximate surface area is 190 Å². The van der Waals surface area contributed by atoms with Gasteiger partial charge in [0.25, 0.3) is 0 Å². The van der Waals surface area contributed by atoms with Gasteiger partial charge in [0, 0.05) is 23.8 Å². The quantitative estimate of drug-likeness (QED) is 0.484. The highest BCUT2D eigenvalue weighted by Gasteiger charge is 2.24. The Morgan fingerprint density at radius 1 is 1.00 bits per heavy atom. The molecular weight excluding hydrogens is 402 g/mol. The van der Waals surface area contributed by atoms with E-state index in [9.17, 15) is 4.79 Å². The van der Waals surface area contributed by atoms with Crippen molar-refractivity contribution in [3.05, 3.63) is 72.7 Å². The zero-order chi connectivity index (χ0) is 23.2. The van der Waals surface area contributed by atoms with Crippen LogP contribution in [0.2, 0.25) is 0 Å². The van der Waals surface area contributed by atoms with E-state index >= 15 is 0 Å². The van der Waals surface area contributed by atoms with E-state index in [0.29, 0.717) is 6.61 Å². The molecule has 0 aliphatic heterocycles. The molecule has 0 aliphatic rings. The highest BCUT2D eigenvalue weighted by molar-refractivity contribution is 5.68. The molecule has 1 amide bonds. The molecule has 170 valence electrons. The van der Waals surface area contributed by atoms with Crippen LogP contribution in [0.25, 0.3) is 11.3 Å². The summed E-state index contributed by atoms with van der Waals surface area (Å²) in [5, 5.41) is 2.94. The smallest absolute Gasteiger partial charge is 0.408 e. The van der Waals surface area contributed by atoms with Crippen LogP contribution in [0.1, 0.15) is 46.6 Å². The number of aryl methyl sites for hydroxylation is 1. The highest BCUT2D eigenvalue weighted by atomic mass is 16.6. The highest BCUT2D eigenvalue weighted by Crippen LogP contribution is 2.22. The maximum atomic E-state index is 12.1. The molecule has 0 fully saturated rings. The SMILES string of the molecule is CC(C)(CCn1cnc(-c2ccc(OCc3ccccc3)cc2)c1)NC(=O)OC(C)(C)C. The fourth-order valence-corrected chi connectivity index (χ4v) is 3.15. The average molecular weight is 436 g/mol. The standard InChI is InChI=1S/C26H33N3O3/c1-25(2,3)32-24(30)28-26(4,5)15-16-29-17-23(27-19-29)21-11-13-22(14-12-21)31-18-20-9-7-6-8-10-20/h6-14,17,19H,15-16,18H2,1-5H3,(H,28,30). The fraction of sp³-hybridized carbons (Fsp3) is 0.385. The van der Waals surface area contributed by atoms with Gasteiger partial charge in [-0.15, -0.1) is 0 Å². The summed E-state index contributed by atoms with van der Waals surface area (Å²) in [4.78, 5) is 16.6. The zero-order valence-electron chi connectivity index (χ0n) is 19.6. The number of aromatic nitrogens is 2. The maximum absolute atomic E-state index is 12.1. The first kappa shape index (κ1) is 23.4. The first-order valence-corrected chi connectivity index (χ1v) is 10.9. The lowest BCUT2D eigenvalue weighted by Gasteiger charge is -2.28. The van der Waals surface area contributed by atoms with Crippen LogP contribution < -0.4 is 10.1 Å². The Bertz CT molecular complexity index is 1000. The van der Waals surface area contributed by atoms with Gasteiger partial charge in [-0.05, 0) is 70.9 Å². The van der Waals surface area contributed by atoms with Crippen molar-refractivity contribution in [3.8, 4) is 17.0 Å². The number of rotatable bonds is 8. The molecule has 1 aromatic heterocycles. The average Bonchev–Trinajstić information content (AvgIpc) is 3.19. The van der Waals surface area contributed by atoms with Gasteiger partial charge in [0.15, 0.2) is 0 Å². The second-order valence-corrected chi connectivity index (χ2v) is 9.56. The number of nitrogens with zero attached hydrogens (tertiary/aromatic N) is 2. The number of carbonyl (C=O) groups excluding carboxylic acids is 1. The maximum Gasteiger partial charge on any atom is 0.408 e. The van der Waals surface area contributed by atoms with Crippen LogP contribution >= 0.6 is 0 Å². The van der Waals surface area contributed by atoms with Crippen LogP contribution in [0, 0.1) is 0 Å². The first-order valence-electron chi connectivity index (χ1n) is 10.9. The van der Waals surface area contributed by atoms with Crippen LogP contribution in [0.5, 0.6) is 5.75 Å². The van der Waals surface area contributed by atoms with Crippen molar-refractivity contribution in [2.75, 3.05) is 0 Å². The van der Waals surface area contributed by atoms with E-state index in [1.54, 1.807) is 0 Å². The summed E-state index contributed by atoms with van der Waals surface area (Å²) in [5.74, 6) is 0.826. The molecule has 1 N–H and O–H groups in total. The number of amides is 1. The van der Waals surface area contributed by atoms with Gasteiger partial charge >= 0.3 is 6.09 Å². The fourth-order valence-electron chi connectivity index (χ4n) is 3.15. The third-order valence-electron chi connectivity index (χ3n) is 4.87. The topological polar surface area (TPSA) is 65.4 Å². The number of hydrogen-bond acceptors (Lipinski definition) is 4. The van der Waals surface area contributed by atoms with Crippen LogP contribution in [0.15, 0.2) is 67.1 Å². The van der Waals surface area contributed by atoms with Crippen LogP contribution in [0.4, 0.5) is 4.79 Å². The summed E-state index contributed by atoms with van der Waals surface area (Å²) >= 11 is 0. The van der Waals surface area contributed by atoms with Gasteiger partial charge in [0.05, 0.1) is 12.0 Å². The zero-order valence-corrected chi connectivity index (χ0v) is 19.6. The summed E-state index contributed by atoms with van der Waals surface area (Å²) < 4.78 is 13.3. The summed E-state index contributed by atoms with van der Waals surface area (Å²) in [7, 11) is 0. The molecule has 0 bridgehead atoms. The van der Waals surface area contributed by atoms with Gasteiger partial charge in [-0.25, -0.2) is 9.78 Å². The molecule has 6 heteroatoms. The number of imidazole rings is 1. The first-order chi connectivity index (χ1) is 15.1. The normalized spacial score (nSPS) is 11.8. The second-order valence-electron chi connectivity index (χ2n) is 9.56. The van der Waals surface area contributed by atoms with E-state index in [-0.39, 0.29) is 0 Å². The summed E-state index contributed by atoms with van der Waals surface area (Å²) in [5.41, 5.74) is 2.16. The van der Waals surface area contributed by atoms with Crippen molar-refractivity contribution < 1.29 is 14.3 Å². The Hall–Kier alpha value is -3.28. The van der Waals surface area contributed by atoms with Crippen molar-refractivity contribution in [1.82, 2.24) is 14.9 Å². The minimum atomic E-state index is -0.512. The summed E-state index contributed by atoms with van der Waals surface area (Å²) in [6.45, 7) is 10.8. The number of ether oxygens (including phenoxy) is 2. The van der Waals surface area contributed by atoms with Crippen molar-refractivity contribution >= 4 is 6.09 Å². The monoisotopic (exact) mass is 435 g/mol. The lowest BCUT2D eigenvalue weighted by Crippen LogP contribution is -2.46. The van der Waals surface area contributed by atoms with Gasteiger partial charge in [-0.1, -0.05) is 30.3 Å². The number of hydrogen-bond donors (Lipinski definition) is 1. The molecule has 0 atom stereocenters. The summed E-state index contributed by atoms with van der Waals surface area (Å²) in [6, 6.07) is 18.1. The molecule has 32 heavy (non-hydrogen) atoms. The van der Waals surface area contributed by atoms with Crippen molar-refractivity contribution in [1.29, 1.82) is 0 Å². The van der Waals surface area contributed by atoms with Gasteiger partial charge in [-0.3, -0.25) is 0 Å². The predicted octanol–water partition coefficient (Wildman–Crippen LogP) is 5.82. The molecule has 0 unspecified atom stereocenters. The van der Waals surface area contributed by atoms with Gasteiger partial charge < -0.3 is 19.4 Å². The minimum Gasteiger partial charge on any atom is -0.489 e. The Balaban J connectivity index is 1.52. The Kier molecular flexibility index (Phi) is 7.23. The third kappa shape index (κ3) is 7.45. The molecule has 0 saturated heterocycles.